The van der Waals surface area contributed by atoms with Crippen molar-refractivity contribution in [3.05, 3.63) is 35.2 Å². The zero-order valence-corrected chi connectivity index (χ0v) is 12.2. The second kappa shape index (κ2) is 4.80. The number of ether oxygens (including phenoxy) is 2. The molecule has 0 atom stereocenters. The van der Waals surface area contributed by atoms with E-state index in [0.29, 0.717) is 34.3 Å². The molecule has 1 aromatic carbocycles. The first-order valence-corrected chi connectivity index (χ1v) is 7.98. The SMILES string of the molecule is CSc1c(C(=O)c2cnoc2C2CC2)ccc2c1OCO2. The Labute approximate surface area is 125 Å². The number of nitrogens with zero attached hydrogens (tertiary/aromatic N) is 1. The lowest BCUT2D eigenvalue weighted by Gasteiger charge is -2.09. The van der Waals surface area contributed by atoms with Gasteiger partial charge in [0.15, 0.2) is 23.0 Å². The molecule has 0 bridgehead atoms. The summed E-state index contributed by atoms with van der Waals surface area (Å²) >= 11 is 1.48. The summed E-state index contributed by atoms with van der Waals surface area (Å²) in [5.41, 5.74) is 1.17. The molecule has 4 rings (SSSR count). The molecule has 1 aliphatic heterocycles. The van der Waals surface area contributed by atoms with Crippen LogP contribution in [0.1, 0.15) is 40.4 Å². The van der Waals surface area contributed by atoms with Crippen molar-refractivity contribution in [3.63, 3.8) is 0 Å². The van der Waals surface area contributed by atoms with E-state index >= 15 is 0 Å². The largest absolute Gasteiger partial charge is 0.454 e. The number of hydrogen-bond acceptors (Lipinski definition) is 6. The molecule has 0 unspecified atom stereocenters. The summed E-state index contributed by atoms with van der Waals surface area (Å²) in [6.07, 6.45) is 5.56. The van der Waals surface area contributed by atoms with Crippen molar-refractivity contribution in [1.82, 2.24) is 5.16 Å². The maximum absolute atomic E-state index is 12.8. The number of carbonyl (C=O) groups is 1. The highest BCUT2D eigenvalue weighted by Crippen LogP contribution is 2.45. The molecule has 0 amide bonds. The van der Waals surface area contributed by atoms with Gasteiger partial charge in [-0.25, -0.2) is 0 Å². The van der Waals surface area contributed by atoms with Crippen molar-refractivity contribution in [2.45, 2.75) is 23.7 Å². The summed E-state index contributed by atoms with van der Waals surface area (Å²) in [4.78, 5) is 13.6. The summed E-state index contributed by atoms with van der Waals surface area (Å²) < 4.78 is 16.1. The van der Waals surface area contributed by atoms with Crippen molar-refractivity contribution in [2.24, 2.45) is 0 Å². The summed E-state index contributed by atoms with van der Waals surface area (Å²) in [6.45, 7) is 0.196. The molecule has 2 aliphatic rings. The molecular weight excluding hydrogens is 290 g/mol. The molecule has 1 saturated carbocycles. The molecule has 6 heteroatoms. The standard InChI is InChI=1S/C15H13NO4S/c1-21-15-9(4-5-11-14(15)19-7-18-11)12(17)10-6-16-20-13(10)8-2-3-8/h4-6,8H,2-3,7H2,1H3. The third-order valence-electron chi connectivity index (χ3n) is 3.73. The minimum absolute atomic E-state index is 0.0687. The number of fused-ring (bicyclic) bond motifs is 1. The fourth-order valence-electron chi connectivity index (χ4n) is 2.53. The first kappa shape index (κ1) is 12.8. The monoisotopic (exact) mass is 303 g/mol. The molecule has 0 radical (unpaired) electrons. The molecule has 1 aliphatic carbocycles. The topological polar surface area (TPSA) is 61.6 Å². The van der Waals surface area contributed by atoms with Gasteiger partial charge in [0.05, 0.1) is 16.7 Å². The number of carbonyl (C=O) groups excluding carboxylic acids is 1. The van der Waals surface area contributed by atoms with Gasteiger partial charge in [-0.05, 0) is 31.2 Å². The van der Waals surface area contributed by atoms with Crippen LogP contribution in [0.25, 0.3) is 0 Å². The number of hydrogen-bond donors (Lipinski definition) is 0. The Balaban J connectivity index is 1.79. The fraction of sp³-hybridized carbons (Fsp3) is 0.333. The molecular formula is C15H13NO4S. The molecule has 0 spiro atoms. The van der Waals surface area contributed by atoms with E-state index in [-0.39, 0.29) is 12.6 Å². The van der Waals surface area contributed by atoms with E-state index in [4.69, 9.17) is 14.0 Å². The minimum atomic E-state index is -0.0687. The number of thioether (sulfide) groups is 1. The lowest BCUT2D eigenvalue weighted by molar-refractivity contribution is 0.103. The van der Waals surface area contributed by atoms with Crippen LogP contribution in [0.2, 0.25) is 0 Å². The molecule has 5 nitrogen and oxygen atoms in total. The number of ketones is 1. The van der Waals surface area contributed by atoms with Crippen LogP contribution in [-0.2, 0) is 0 Å². The highest BCUT2D eigenvalue weighted by molar-refractivity contribution is 7.98. The first-order chi connectivity index (χ1) is 10.3. The molecule has 1 fully saturated rings. The van der Waals surface area contributed by atoms with Crippen LogP contribution < -0.4 is 9.47 Å². The lowest BCUT2D eigenvalue weighted by Crippen LogP contribution is -2.05. The van der Waals surface area contributed by atoms with Crippen LogP contribution in [0.3, 0.4) is 0 Å². The van der Waals surface area contributed by atoms with Gasteiger partial charge in [0, 0.05) is 11.5 Å². The molecule has 2 aromatic rings. The van der Waals surface area contributed by atoms with Crippen LogP contribution in [0.5, 0.6) is 11.5 Å². The molecule has 1 aromatic heterocycles. The number of benzene rings is 1. The predicted octanol–water partition coefficient (Wildman–Crippen LogP) is 3.23. The Morgan fingerprint density at radius 1 is 1.29 bits per heavy atom. The minimum Gasteiger partial charge on any atom is -0.454 e. The van der Waals surface area contributed by atoms with E-state index in [1.165, 1.54) is 18.0 Å². The van der Waals surface area contributed by atoms with Gasteiger partial charge in [0.25, 0.3) is 0 Å². The first-order valence-electron chi connectivity index (χ1n) is 6.75. The maximum atomic E-state index is 12.8. The summed E-state index contributed by atoms with van der Waals surface area (Å²) in [6, 6.07) is 3.56. The average Bonchev–Trinajstić information content (AvgIpc) is 3.04. The van der Waals surface area contributed by atoms with Gasteiger partial charge in [-0.2, -0.15) is 0 Å². The third kappa shape index (κ3) is 2.01. The van der Waals surface area contributed by atoms with Gasteiger partial charge in [-0.1, -0.05) is 5.16 Å². The summed E-state index contributed by atoms with van der Waals surface area (Å²) in [5.74, 6) is 2.32. The Kier molecular flexibility index (Phi) is 2.92. The van der Waals surface area contributed by atoms with Crippen molar-refractivity contribution < 1.29 is 18.8 Å². The van der Waals surface area contributed by atoms with E-state index in [1.54, 1.807) is 12.1 Å². The highest BCUT2D eigenvalue weighted by atomic mass is 32.2. The molecule has 2 heterocycles. The normalized spacial score (nSPS) is 16.2. The second-order valence-corrected chi connectivity index (χ2v) is 5.90. The van der Waals surface area contributed by atoms with Gasteiger partial charge < -0.3 is 14.0 Å². The zero-order chi connectivity index (χ0) is 14.4. The van der Waals surface area contributed by atoms with Crippen molar-refractivity contribution in [1.29, 1.82) is 0 Å². The number of aromatic nitrogens is 1. The van der Waals surface area contributed by atoms with E-state index in [9.17, 15) is 4.79 Å². The Morgan fingerprint density at radius 3 is 2.90 bits per heavy atom. The maximum Gasteiger partial charge on any atom is 0.231 e. The third-order valence-corrected chi connectivity index (χ3v) is 4.55. The molecule has 0 N–H and O–H groups in total. The fourth-order valence-corrected chi connectivity index (χ4v) is 3.26. The van der Waals surface area contributed by atoms with Gasteiger partial charge in [-0.3, -0.25) is 4.79 Å². The summed E-state index contributed by atoms with van der Waals surface area (Å²) in [7, 11) is 0. The Bertz CT molecular complexity index is 720. The predicted molar refractivity (Wildman–Crippen MR) is 76.3 cm³/mol. The molecule has 0 saturated heterocycles. The summed E-state index contributed by atoms with van der Waals surface area (Å²) in [5, 5.41) is 3.80. The van der Waals surface area contributed by atoms with Gasteiger partial charge in [0.2, 0.25) is 6.79 Å². The zero-order valence-electron chi connectivity index (χ0n) is 11.4. The van der Waals surface area contributed by atoms with Crippen molar-refractivity contribution in [3.8, 4) is 11.5 Å². The van der Waals surface area contributed by atoms with E-state index in [1.807, 2.05) is 6.26 Å². The van der Waals surface area contributed by atoms with Crippen molar-refractivity contribution in [2.75, 3.05) is 13.0 Å². The van der Waals surface area contributed by atoms with Gasteiger partial charge in [-0.15, -0.1) is 11.8 Å². The Hall–Kier alpha value is -1.95. The number of rotatable bonds is 4. The van der Waals surface area contributed by atoms with Crippen LogP contribution in [0.15, 0.2) is 27.7 Å². The van der Waals surface area contributed by atoms with E-state index in [0.717, 1.165) is 17.7 Å². The van der Waals surface area contributed by atoms with Gasteiger partial charge in [0.1, 0.15) is 0 Å². The van der Waals surface area contributed by atoms with Crippen molar-refractivity contribution >= 4 is 17.5 Å². The Morgan fingerprint density at radius 2 is 2.14 bits per heavy atom. The smallest absolute Gasteiger partial charge is 0.231 e. The molecule has 108 valence electrons. The van der Waals surface area contributed by atoms with Crippen LogP contribution in [-0.4, -0.2) is 24.0 Å². The average molecular weight is 303 g/mol. The quantitative estimate of drug-likeness (QED) is 0.638. The van der Waals surface area contributed by atoms with Crippen LogP contribution in [0, 0.1) is 0 Å². The lowest BCUT2D eigenvalue weighted by atomic mass is 10.0. The second-order valence-electron chi connectivity index (χ2n) is 5.09. The molecule has 21 heavy (non-hydrogen) atoms. The van der Waals surface area contributed by atoms with E-state index < -0.39 is 0 Å². The highest BCUT2D eigenvalue weighted by Gasteiger charge is 2.34. The van der Waals surface area contributed by atoms with Crippen LogP contribution >= 0.6 is 11.8 Å². The van der Waals surface area contributed by atoms with E-state index in [2.05, 4.69) is 5.16 Å². The van der Waals surface area contributed by atoms with Crippen LogP contribution in [0.4, 0.5) is 0 Å². The van der Waals surface area contributed by atoms with Gasteiger partial charge >= 0.3 is 0 Å².